The van der Waals surface area contributed by atoms with Crippen molar-refractivity contribution >= 4 is 17.4 Å². The molecule has 0 fully saturated rings. The third kappa shape index (κ3) is 2.46. The summed E-state index contributed by atoms with van der Waals surface area (Å²) in [5, 5.41) is 4.29. The summed E-state index contributed by atoms with van der Waals surface area (Å²) < 4.78 is 5.11. The zero-order valence-corrected chi connectivity index (χ0v) is 11.0. The van der Waals surface area contributed by atoms with E-state index >= 15 is 0 Å². The lowest BCUT2D eigenvalue weighted by Crippen LogP contribution is -2.03. The smallest absolute Gasteiger partial charge is 0.258 e. The van der Waals surface area contributed by atoms with Crippen molar-refractivity contribution in [1.29, 1.82) is 0 Å². The predicted octanol–water partition coefficient (Wildman–Crippen LogP) is 3.62. The Balaban J connectivity index is 1.90. The van der Waals surface area contributed by atoms with E-state index in [1.807, 2.05) is 30.3 Å². The van der Waals surface area contributed by atoms with Crippen LogP contribution < -0.4 is 0 Å². The number of carbonyl (C=O) groups excluding carboxylic acids is 1. The molecule has 4 nitrogen and oxygen atoms in total. The van der Waals surface area contributed by atoms with E-state index < -0.39 is 0 Å². The molecular weight excluding hydrogens is 276 g/mol. The normalized spacial score (nSPS) is 10.4. The standard InChI is InChI=1S/C15H9ClN2O2/c16-12-8-6-10(7-9-12)13(19)14-17-15(20-18-14)11-4-2-1-3-5-11/h1-9H. The van der Waals surface area contributed by atoms with Crippen molar-refractivity contribution in [3.63, 3.8) is 0 Å². The van der Waals surface area contributed by atoms with Crippen LogP contribution in [0.3, 0.4) is 0 Å². The molecule has 2 aromatic carbocycles. The molecule has 0 spiro atoms. The van der Waals surface area contributed by atoms with Gasteiger partial charge < -0.3 is 4.52 Å². The summed E-state index contributed by atoms with van der Waals surface area (Å²) in [5.41, 5.74) is 1.24. The van der Waals surface area contributed by atoms with Gasteiger partial charge in [-0.05, 0) is 36.4 Å². The van der Waals surface area contributed by atoms with Crippen LogP contribution in [-0.2, 0) is 0 Å². The molecule has 0 N–H and O–H groups in total. The number of aromatic nitrogens is 2. The Labute approximate surface area is 120 Å². The number of carbonyl (C=O) groups is 1. The van der Waals surface area contributed by atoms with Crippen LogP contribution >= 0.6 is 11.6 Å². The molecule has 0 saturated heterocycles. The first-order valence-electron chi connectivity index (χ1n) is 5.93. The van der Waals surface area contributed by atoms with Gasteiger partial charge in [-0.3, -0.25) is 4.79 Å². The molecule has 20 heavy (non-hydrogen) atoms. The van der Waals surface area contributed by atoms with E-state index in [0.717, 1.165) is 5.56 Å². The number of hydrogen-bond donors (Lipinski definition) is 0. The molecule has 0 saturated carbocycles. The molecule has 0 bridgehead atoms. The Morgan fingerprint density at radius 2 is 1.70 bits per heavy atom. The number of nitrogens with zero attached hydrogens (tertiary/aromatic N) is 2. The highest BCUT2D eigenvalue weighted by Gasteiger charge is 2.17. The second-order valence-corrected chi connectivity index (χ2v) is 4.56. The largest absolute Gasteiger partial charge is 0.333 e. The van der Waals surface area contributed by atoms with Crippen LogP contribution in [0.15, 0.2) is 59.1 Å². The number of rotatable bonds is 3. The molecule has 3 rings (SSSR count). The van der Waals surface area contributed by atoms with Crippen molar-refractivity contribution in [2.24, 2.45) is 0 Å². The molecule has 1 heterocycles. The van der Waals surface area contributed by atoms with Crippen molar-refractivity contribution in [2.45, 2.75) is 0 Å². The number of ketones is 1. The Kier molecular flexibility index (Phi) is 3.31. The molecule has 98 valence electrons. The Bertz CT molecular complexity index is 736. The van der Waals surface area contributed by atoms with Crippen LogP contribution in [-0.4, -0.2) is 15.9 Å². The van der Waals surface area contributed by atoms with Crippen LogP contribution in [0.5, 0.6) is 0 Å². The fourth-order valence-electron chi connectivity index (χ4n) is 1.74. The Morgan fingerprint density at radius 3 is 2.40 bits per heavy atom. The third-order valence-electron chi connectivity index (χ3n) is 2.76. The van der Waals surface area contributed by atoms with Crippen molar-refractivity contribution in [2.75, 3.05) is 0 Å². The summed E-state index contributed by atoms with van der Waals surface area (Å²) in [7, 11) is 0. The lowest BCUT2D eigenvalue weighted by molar-refractivity contribution is 0.102. The highest BCUT2D eigenvalue weighted by Crippen LogP contribution is 2.18. The second-order valence-electron chi connectivity index (χ2n) is 4.13. The molecule has 0 aliphatic carbocycles. The summed E-state index contributed by atoms with van der Waals surface area (Å²) in [6, 6.07) is 15.8. The second kappa shape index (κ2) is 5.27. The minimum atomic E-state index is -0.299. The van der Waals surface area contributed by atoms with Gasteiger partial charge in [0.25, 0.3) is 5.89 Å². The van der Waals surface area contributed by atoms with Gasteiger partial charge in [-0.25, -0.2) is 0 Å². The summed E-state index contributed by atoms with van der Waals surface area (Å²) in [6.07, 6.45) is 0. The van der Waals surface area contributed by atoms with E-state index in [2.05, 4.69) is 10.1 Å². The van der Waals surface area contributed by atoms with Gasteiger partial charge in [0.2, 0.25) is 11.6 Å². The summed E-state index contributed by atoms with van der Waals surface area (Å²) >= 11 is 5.79. The summed E-state index contributed by atoms with van der Waals surface area (Å²) in [4.78, 5) is 16.3. The molecule has 0 radical (unpaired) electrons. The molecule has 0 aliphatic rings. The van der Waals surface area contributed by atoms with Crippen molar-refractivity contribution in [1.82, 2.24) is 10.1 Å². The van der Waals surface area contributed by atoms with Gasteiger partial charge >= 0.3 is 0 Å². The molecule has 0 unspecified atom stereocenters. The van der Waals surface area contributed by atoms with E-state index in [1.54, 1.807) is 24.3 Å². The molecule has 0 amide bonds. The van der Waals surface area contributed by atoms with Gasteiger partial charge in [-0.1, -0.05) is 35.0 Å². The first-order valence-corrected chi connectivity index (χ1v) is 6.31. The van der Waals surface area contributed by atoms with Gasteiger partial charge in [-0.15, -0.1) is 0 Å². The zero-order valence-electron chi connectivity index (χ0n) is 10.3. The fraction of sp³-hybridized carbons (Fsp3) is 0. The lowest BCUT2D eigenvalue weighted by Gasteiger charge is -1.95. The molecule has 0 aliphatic heterocycles. The Morgan fingerprint density at radius 1 is 1.00 bits per heavy atom. The van der Waals surface area contributed by atoms with Gasteiger partial charge in [0.15, 0.2) is 0 Å². The van der Waals surface area contributed by atoms with Gasteiger partial charge in [-0.2, -0.15) is 4.98 Å². The van der Waals surface area contributed by atoms with Gasteiger partial charge in [0.1, 0.15) is 0 Å². The van der Waals surface area contributed by atoms with Crippen LogP contribution in [0.4, 0.5) is 0 Å². The molecule has 5 heteroatoms. The van der Waals surface area contributed by atoms with Gasteiger partial charge in [0, 0.05) is 16.1 Å². The van der Waals surface area contributed by atoms with Crippen LogP contribution in [0.1, 0.15) is 16.2 Å². The maximum atomic E-state index is 12.2. The van der Waals surface area contributed by atoms with Crippen LogP contribution in [0, 0.1) is 0 Å². The minimum absolute atomic E-state index is 0.0335. The SMILES string of the molecule is O=C(c1ccc(Cl)cc1)c1noc(-c2ccccc2)n1. The number of halogens is 1. The number of benzene rings is 2. The fourth-order valence-corrected chi connectivity index (χ4v) is 1.87. The van der Waals surface area contributed by atoms with E-state index in [0.29, 0.717) is 16.5 Å². The predicted molar refractivity (Wildman–Crippen MR) is 74.6 cm³/mol. The maximum absolute atomic E-state index is 12.2. The zero-order chi connectivity index (χ0) is 13.9. The quantitative estimate of drug-likeness (QED) is 0.689. The topological polar surface area (TPSA) is 56.0 Å². The summed E-state index contributed by atoms with van der Waals surface area (Å²) in [6.45, 7) is 0. The van der Waals surface area contributed by atoms with E-state index in [1.165, 1.54) is 0 Å². The average molecular weight is 285 g/mol. The molecule has 3 aromatic rings. The van der Waals surface area contributed by atoms with Crippen LogP contribution in [0.25, 0.3) is 11.5 Å². The minimum Gasteiger partial charge on any atom is -0.333 e. The molecular formula is C15H9ClN2O2. The first kappa shape index (κ1) is 12.6. The first-order chi connectivity index (χ1) is 9.74. The average Bonchev–Trinajstić information content (AvgIpc) is 2.98. The highest BCUT2D eigenvalue weighted by molar-refractivity contribution is 6.30. The van der Waals surface area contributed by atoms with Crippen molar-refractivity contribution in [3.8, 4) is 11.5 Å². The molecule has 1 aromatic heterocycles. The Hall–Kier alpha value is -2.46. The van der Waals surface area contributed by atoms with Crippen molar-refractivity contribution in [3.05, 3.63) is 71.0 Å². The molecule has 0 atom stereocenters. The van der Waals surface area contributed by atoms with Crippen LogP contribution in [0.2, 0.25) is 5.02 Å². The van der Waals surface area contributed by atoms with E-state index in [9.17, 15) is 4.79 Å². The third-order valence-corrected chi connectivity index (χ3v) is 3.01. The monoisotopic (exact) mass is 284 g/mol. The van der Waals surface area contributed by atoms with E-state index in [-0.39, 0.29) is 11.6 Å². The lowest BCUT2D eigenvalue weighted by atomic mass is 10.1. The number of hydrogen-bond acceptors (Lipinski definition) is 4. The maximum Gasteiger partial charge on any atom is 0.258 e. The van der Waals surface area contributed by atoms with Gasteiger partial charge in [0.05, 0.1) is 0 Å². The summed E-state index contributed by atoms with van der Waals surface area (Å²) in [5.74, 6) is 0.0571. The highest BCUT2D eigenvalue weighted by atomic mass is 35.5. The van der Waals surface area contributed by atoms with E-state index in [4.69, 9.17) is 16.1 Å². The van der Waals surface area contributed by atoms with Crippen molar-refractivity contribution < 1.29 is 9.32 Å².